The fraction of sp³-hybridized carbons (Fsp3) is 0.250. The van der Waals surface area contributed by atoms with Crippen LogP contribution in [-0.4, -0.2) is 4.98 Å². The normalized spacial score (nSPS) is 9.58. The van der Waals surface area contributed by atoms with Gasteiger partial charge >= 0.3 is 0 Å². The van der Waals surface area contributed by atoms with E-state index in [4.69, 9.17) is 28.5 Å². The van der Waals surface area contributed by atoms with Crippen molar-refractivity contribution < 1.29 is 0 Å². The SMILES string of the molecule is Cc1nc(Cl)c(C#N)c(Cl)c1C. The van der Waals surface area contributed by atoms with Crippen molar-refractivity contribution in [2.24, 2.45) is 0 Å². The first-order valence-electron chi connectivity index (χ1n) is 3.30. The Balaban J connectivity index is 3.54. The molecule has 4 heteroatoms. The predicted octanol–water partition coefficient (Wildman–Crippen LogP) is 2.88. The van der Waals surface area contributed by atoms with Gasteiger partial charge in [-0.2, -0.15) is 5.26 Å². The van der Waals surface area contributed by atoms with Crippen molar-refractivity contribution in [2.75, 3.05) is 0 Å². The molecule has 0 unspecified atom stereocenters. The molecule has 0 aliphatic heterocycles. The smallest absolute Gasteiger partial charge is 0.148 e. The molecule has 0 amide bonds. The van der Waals surface area contributed by atoms with Crippen molar-refractivity contribution in [3.05, 3.63) is 27.0 Å². The number of nitrogens with zero attached hydrogens (tertiary/aromatic N) is 2. The van der Waals surface area contributed by atoms with E-state index in [0.717, 1.165) is 11.3 Å². The Hall–Kier alpha value is -0.780. The van der Waals surface area contributed by atoms with Crippen LogP contribution in [0.25, 0.3) is 0 Å². The second kappa shape index (κ2) is 3.30. The minimum atomic E-state index is 0.172. The molecule has 0 spiro atoms. The van der Waals surface area contributed by atoms with Gasteiger partial charge in [-0.3, -0.25) is 0 Å². The van der Waals surface area contributed by atoms with E-state index < -0.39 is 0 Å². The highest BCUT2D eigenvalue weighted by Crippen LogP contribution is 2.26. The van der Waals surface area contributed by atoms with Crippen molar-refractivity contribution in [3.8, 4) is 6.07 Å². The van der Waals surface area contributed by atoms with E-state index in [1.165, 1.54) is 0 Å². The maximum Gasteiger partial charge on any atom is 0.148 e. The lowest BCUT2D eigenvalue weighted by Gasteiger charge is -2.04. The zero-order chi connectivity index (χ0) is 9.30. The minimum absolute atomic E-state index is 0.172. The third-order valence-electron chi connectivity index (χ3n) is 1.68. The van der Waals surface area contributed by atoms with Crippen LogP contribution in [0.2, 0.25) is 10.2 Å². The maximum absolute atomic E-state index is 8.66. The summed E-state index contributed by atoms with van der Waals surface area (Å²) in [6.45, 7) is 3.61. The quantitative estimate of drug-likeness (QED) is 0.605. The van der Waals surface area contributed by atoms with Gasteiger partial charge in [-0.15, -0.1) is 0 Å². The lowest BCUT2D eigenvalue weighted by molar-refractivity contribution is 1.14. The van der Waals surface area contributed by atoms with E-state index in [9.17, 15) is 0 Å². The molecule has 0 saturated carbocycles. The number of pyridine rings is 1. The van der Waals surface area contributed by atoms with Gasteiger partial charge in [-0.05, 0) is 19.4 Å². The molecule has 0 aliphatic carbocycles. The van der Waals surface area contributed by atoms with Gasteiger partial charge in [0.1, 0.15) is 16.8 Å². The molecule has 0 aliphatic rings. The highest BCUT2D eigenvalue weighted by Gasteiger charge is 2.11. The van der Waals surface area contributed by atoms with E-state index >= 15 is 0 Å². The number of aromatic nitrogens is 1. The largest absolute Gasteiger partial charge is 0.240 e. The first kappa shape index (κ1) is 9.31. The molecule has 0 bridgehead atoms. The average molecular weight is 201 g/mol. The number of hydrogen-bond donors (Lipinski definition) is 0. The predicted molar refractivity (Wildman–Crippen MR) is 48.4 cm³/mol. The Morgan fingerprint density at radius 3 is 2.42 bits per heavy atom. The topological polar surface area (TPSA) is 36.7 Å². The Labute approximate surface area is 80.7 Å². The Morgan fingerprint density at radius 1 is 1.33 bits per heavy atom. The molecule has 1 heterocycles. The van der Waals surface area contributed by atoms with Crippen LogP contribution in [0.3, 0.4) is 0 Å². The van der Waals surface area contributed by atoms with Crippen molar-refractivity contribution in [3.63, 3.8) is 0 Å². The molecular weight excluding hydrogens is 195 g/mol. The van der Waals surface area contributed by atoms with Gasteiger partial charge in [0.2, 0.25) is 0 Å². The second-order valence-electron chi connectivity index (χ2n) is 2.41. The van der Waals surface area contributed by atoms with Gasteiger partial charge in [0.05, 0.1) is 5.02 Å². The summed E-state index contributed by atoms with van der Waals surface area (Å²) in [5.74, 6) is 0. The van der Waals surface area contributed by atoms with E-state index in [-0.39, 0.29) is 10.7 Å². The summed E-state index contributed by atoms with van der Waals surface area (Å²) in [5.41, 5.74) is 1.81. The van der Waals surface area contributed by atoms with Crippen LogP contribution >= 0.6 is 23.2 Å². The molecule has 1 aromatic heterocycles. The lowest BCUT2D eigenvalue weighted by atomic mass is 10.2. The Kier molecular flexibility index (Phi) is 2.56. The summed E-state index contributed by atoms with van der Waals surface area (Å²) in [7, 11) is 0. The molecule has 0 atom stereocenters. The molecule has 0 N–H and O–H groups in total. The number of nitriles is 1. The van der Waals surface area contributed by atoms with Crippen molar-refractivity contribution in [2.45, 2.75) is 13.8 Å². The van der Waals surface area contributed by atoms with Gasteiger partial charge in [0, 0.05) is 5.69 Å². The molecule has 0 radical (unpaired) electrons. The fourth-order valence-corrected chi connectivity index (χ4v) is 1.40. The average Bonchev–Trinajstić information content (AvgIpc) is 2.01. The van der Waals surface area contributed by atoms with E-state index in [2.05, 4.69) is 4.98 Å². The number of hydrogen-bond acceptors (Lipinski definition) is 2. The number of halogens is 2. The summed E-state index contributed by atoms with van der Waals surface area (Å²) in [6, 6.07) is 1.91. The standard InChI is InChI=1S/C8H6Cl2N2/c1-4-5(2)12-8(10)6(3-11)7(4)9/h1-2H3. The van der Waals surface area contributed by atoms with Gasteiger partial charge < -0.3 is 0 Å². The third-order valence-corrected chi connectivity index (χ3v) is 2.42. The van der Waals surface area contributed by atoms with Gasteiger partial charge in [0.15, 0.2) is 0 Å². The van der Waals surface area contributed by atoms with Crippen molar-refractivity contribution in [1.29, 1.82) is 5.26 Å². The second-order valence-corrected chi connectivity index (χ2v) is 3.15. The van der Waals surface area contributed by atoms with Crippen LogP contribution < -0.4 is 0 Å². The molecule has 2 nitrogen and oxygen atoms in total. The van der Waals surface area contributed by atoms with Gasteiger partial charge in [0.25, 0.3) is 0 Å². The Morgan fingerprint density at radius 2 is 1.92 bits per heavy atom. The highest BCUT2D eigenvalue weighted by atomic mass is 35.5. The molecule has 1 rings (SSSR count). The molecule has 0 fully saturated rings. The van der Waals surface area contributed by atoms with Crippen LogP contribution in [0.15, 0.2) is 0 Å². The summed E-state index contributed by atoms with van der Waals surface area (Å²) in [5, 5.41) is 9.23. The molecule has 12 heavy (non-hydrogen) atoms. The molecule has 62 valence electrons. The molecule has 1 aromatic rings. The zero-order valence-corrected chi connectivity index (χ0v) is 8.16. The summed E-state index contributed by atoms with van der Waals surface area (Å²) < 4.78 is 0. The fourth-order valence-electron chi connectivity index (χ4n) is 0.819. The molecular formula is C8H6Cl2N2. The van der Waals surface area contributed by atoms with Crippen LogP contribution in [0.5, 0.6) is 0 Å². The van der Waals surface area contributed by atoms with Crippen molar-refractivity contribution >= 4 is 23.2 Å². The molecule has 0 saturated heterocycles. The first-order valence-corrected chi connectivity index (χ1v) is 4.05. The summed E-state index contributed by atoms with van der Waals surface area (Å²) in [6.07, 6.45) is 0. The maximum atomic E-state index is 8.66. The lowest BCUT2D eigenvalue weighted by Crippen LogP contribution is -1.93. The molecule has 0 aromatic carbocycles. The van der Waals surface area contributed by atoms with Crippen LogP contribution in [0.4, 0.5) is 0 Å². The third kappa shape index (κ3) is 1.38. The number of rotatable bonds is 0. The highest BCUT2D eigenvalue weighted by molar-refractivity contribution is 6.36. The van der Waals surface area contributed by atoms with Crippen LogP contribution in [0.1, 0.15) is 16.8 Å². The number of aryl methyl sites for hydroxylation is 1. The van der Waals surface area contributed by atoms with Crippen LogP contribution in [0, 0.1) is 25.2 Å². The van der Waals surface area contributed by atoms with E-state index in [0.29, 0.717) is 5.02 Å². The first-order chi connectivity index (χ1) is 5.57. The summed E-state index contributed by atoms with van der Waals surface area (Å²) in [4.78, 5) is 3.96. The van der Waals surface area contributed by atoms with Crippen molar-refractivity contribution in [1.82, 2.24) is 4.98 Å². The van der Waals surface area contributed by atoms with Crippen LogP contribution in [-0.2, 0) is 0 Å². The summed E-state index contributed by atoms with van der Waals surface area (Å²) >= 11 is 11.5. The van der Waals surface area contributed by atoms with Gasteiger partial charge in [-0.1, -0.05) is 23.2 Å². The zero-order valence-electron chi connectivity index (χ0n) is 6.65. The van der Waals surface area contributed by atoms with E-state index in [1.807, 2.05) is 13.0 Å². The monoisotopic (exact) mass is 200 g/mol. The minimum Gasteiger partial charge on any atom is -0.240 e. The van der Waals surface area contributed by atoms with E-state index in [1.54, 1.807) is 6.92 Å². The van der Waals surface area contributed by atoms with Gasteiger partial charge in [-0.25, -0.2) is 4.98 Å². The Bertz CT molecular complexity index is 366.